The zero-order valence-corrected chi connectivity index (χ0v) is 11.6. The third-order valence-corrected chi connectivity index (χ3v) is 4.84. The molecule has 0 radical (unpaired) electrons. The van der Waals surface area contributed by atoms with Crippen LogP contribution in [0.25, 0.3) is 5.57 Å². The molecule has 2 atom stereocenters. The third kappa shape index (κ3) is 2.18. The molecular weight excluding hydrogens is 276 g/mol. The fourth-order valence-corrected chi connectivity index (χ4v) is 3.15. The van der Waals surface area contributed by atoms with Gasteiger partial charge in [-0.2, -0.15) is 0 Å². The van der Waals surface area contributed by atoms with Gasteiger partial charge in [-0.15, -0.1) is 0 Å². The summed E-state index contributed by atoms with van der Waals surface area (Å²) in [7, 11) is 0. The molecule has 0 bridgehead atoms. The summed E-state index contributed by atoms with van der Waals surface area (Å²) in [5.41, 5.74) is 4.00. The fraction of sp³-hybridized carbons (Fsp3) is 0.500. The van der Waals surface area contributed by atoms with Crippen molar-refractivity contribution in [3.05, 3.63) is 34.1 Å². The van der Waals surface area contributed by atoms with Gasteiger partial charge in [-0.1, -0.05) is 6.08 Å². The second kappa shape index (κ2) is 4.54. The Morgan fingerprint density at radius 2 is 2.18 bits per heavy atom. The zero-order chi connectivity index (χ0) is 11.8. The molecule has 2 heterocycles. The van der Waals surface area contributed by atoms with E-state index < -0.39 is 0 Å². The third-order valence-electron chi connectivity index (χ3n) is 4.01. The molecule has 0 unspecified atom stereocenters. The van der Waals surface area contributed by atoms with Gasteiger partial charge in [0.1, 0.15) is 4.60 Å². The Bertz CT molecular complexity index is 467. The smallest absolute Gasteiger partial charge is 0.109 e. The summed E-state index contributed by atoms with van der Waals surface area (Å²) in [5.74, 6) is 1.70. The van der Waals surface area contributed by atoms with Gasteiger partial charge >= 0.3 is 0 Å². The van der Waals surface area contributed by atoms with E-state index in [0.717, 1.165) is 16.4 Å². The number of allylic oxidation sites excluding steroid dienone is 2. The predicted molar refractivity (Wildman–Crippen MR) is 73.7 cm³/mol. The summed E-state index contributed by atoms with van der Waals surface area (Å²) >= 11 is 3.46. The summed E-state index contributed by atoms with van der Waals surface area (Å²) in [6.07, 6.45) is 6.84. The lowest BCUT2D eigenvalue weighted by Gasteiger charge is -2.24. The second-order valence-electron chi connectivity index (χ2n) is 5.18. The minimum atomic E-state index is 0.832. The highest BCUT2D eigenvalue weighted by Crippen LogP contribution is 2.36. The van der Waals surface area contributed by atoms with E-state index in [1.165, 1.54) is 42.6 Å². The van der Waals surface area contributed by atoms with E-state index in [1.54, 1.807) is 0 Å². The average Bonchev–Trinajstić information content (AvgIpc) is 2.79. The monoisotopic (exact) mass is 292 g/mol. The number of fused-ring (bicyclic) bond motifs is 1. The van der Waals surface area contributed by atoms with Crippen LogP contribution in [-0.2, 0) is 0 Å². The Kier molecular flexibility index (Phi) is 3.05. The first kappa shape index (κ1) is 11.4. The van der Waals surface area contributed by atoms with Crippen LogP contribution in [0.3, 0.4) is 0 Å². The number of nitrogens with one attached hydrogen (secondary N) is 1. The standard InChI is InChI=1S/C14H17BrN2/c1-9-4-12(8-17-14(9)15)10-2-3-11-6-16-7-13(11)5-10/h2,4,8,11,13,16H,3,5-7H2,1H3/t11-,13+/m0/s1. The van der Waals surface area contributed by atoms with Gasteiger partial charge in [0.25, 0.3) is 0 Å². The van der Waals surface area contributed by atoms with Crippen molar-refractivity contribution in [3.8, 4) is 0 Å². The van der Waals surface area contributed by atoms with E-state index in [2.05, 4.69) is 45.3 Å². The highest BCUT2D eigenvalue weighted by Gasteiger charge is 2.30. The van der Waals surface area contributed by atoms with E-state index in [9.17, 15) is 0 Å². The summed E-state index contributed by atoms with van der Waals surface area (Å²) < 4.78 is 0.957. The molecule has 0 spiro atoms. The van der Waals surface area contributed by atoms with Crippen molar-refractivity contribution < 1.29 is 0 Å². The van der Waals surface area contributed by atoms with Gasteiger partial charge in [-0.25, -0.2) is 4.98 Å². The highest BCUT2D eigenvalue weighted by atomic mass is 79.9. The lowest BCUT2D eigenvalue weighted by molar-refractivity contribution is 0.418. The lowest BCUT2D eigenvalue weighted by atomic mass is 9.80. The normalized spacial score (nSPS) is 27.8. The SMILES string of the molecule is Cc1cc(C2=CC[C@H]3CNC[C@H]3C2)cnc1Br. The van der Waals surface area contributed by atoms with Crippen LogP contribution in [-0.4, -0.2) is 18.1 Å². The molecule has 1 aromatic heterocycles. The number of hydrogen-bond acceptors (Lipinski definition) is 2. The van der Waals surface area contributed by atoms with Crippen molar-refractivity contribution in [2.75, 3.05) is 13.1 Å². The molecule has 1 N–H and O–H groups in total. The molecule has 1 saturated heterocycles. The van der Waals surface area contributed by atoms with Gasteiger partial charge in [-0.3, -0.25) is 0 Å². The first-order chi connectivity index (χ1) is 8.24. The molecule has 0 aromatic carbocycles. The van der Waals surface area contributed by atoms with Crippen LogP contribution in [0.5, 0.6) is 0 Å². The number of rotatable bonds is 1. The summed E-state index contributed by atoms with van der Waals surface area (Å²) in [6, 6.07) is 2.24. The summed E-state index contributed by atoms with van der Waals surface area (Å²) in [4.78, 5) is 4.40. The van der Waals surface area contributed by atoms with Gasteiger partial charge in [0, 0.05) is 6.20 Å². The van der Waals surface area contributed by atoms with Crippen molar-refractivity contribution in [1.82, 2.24) is 10.3 Å². The molecule has 17 heavy (non-hydrogen) atoms. The van der Waals surface area contributed by atoms with Crippen molar-refractivity contribution in [3.63, 3.8) is 0 Å². The number of pyridine rings is 1. The van der Waals surface area contributed by atoms with Crippen LogP contribution in [0.2, 0.25) is 0 Å². The second-order valence-corrected chi connectivity index (χ2v) is 5.93. The zero-order valence-electron chi connectivity index (χ0n) is 10.0. The molecule has 2 aliphatic rings. The minimum Gasteiger partial charge on any atom is -0.316 e. The summed E-state index contributed by atoms with van der Waals surface area (Å²) in [5, 5.41) is 3.50. The lowest BCUT2D eigenvalue weighted by Crippen LogP contribution is -2.16. The number of nitrogens with zero attached hydrogens (tertiary/aromatic N) is 1. The number of hydrogen-bond donors (Lipinski definition) is 1. The van der Waals surface area contributed by atoms with Crippen molar-refractivity contribution in [2.24, 2.45) is 11.8 Å². The van der Waals surface area contributed by atoms with Crippen molar-refractivity contribution >= 4 is 21.5 Å². The predicted octanol–water partition coefficient (Wildman–Crippen LogP) is 3.17. The van der Waals surface area contributed by atoms with Crippen LogP contribution in [0.4, 0.5) is 0 Å². The van der Waals surface area contributed by atoms with Crippen molar-refractivity contribution in [1.29, 1.82) is 0 Å². The Morgan fingerprint density at radius 3 is 3.00 bits per heavy atom. The van der Waals surface area contributed by atoms with E-state index in [4.69, 9.17) is 0 Å². The first-order valence-electron chi connectivity index (χ1n) is 6.26. The maximum Gasteiger partial charge on any atom is 0.109 e. The maximum absolute atomic E-state index is 4.40. The number of aromatic nitrogens is 1. The highest BCUT2D eigenvalue weighted by molar-refractivity contribution is 9.10. The van der Waals surface area contributed by atoms with E-state index in [0.29, 0.717) is 0 Å². The van der Waals surface area contributed by atoms with Crippen LogP contribution in [0, 0.1) is 18.8 Å². The fourth-order valence-electron chi connectivity index (χ4n) is 2.93. The molecular formula is C14H17BrN2. The topological polar surface area (TPSA) is 24.9 Å². The van der Waals surface area contributed by atoms with E-state index in [-0.39, 0.29) is 0 Å². The van der Waals surface area contributed by atoms with Crippen LogP contribution >= 0.6 is 15.9 Å². The molecule has 1 aromatic rings. The van der Waals surface area contributed by atoms with Gasteiger partial charge in [0.2, 0.25) is 0 Å². The Balaban J connectivity index is 1.86. The molecule has 1 aliphatic heterocycles. The van der Waals surface area contributed by atoms with Crippen LogP contribution in [0.1, 0.15) is 24.0 Å². The minimum absolute atomic E-state index is 0.832. The molecule has 3 heteroatoms. The molecule has 2 nitrogen and oxygen atoms in total. The van der Waals surface area contributed by atoms with Gasteiger partial charge in [0.15, 0.2) is 0 Å². The average molecular weight is 293 g/mol. The largest absolute Gasteiger partial charge is 0.316 e. The first-order valence-corrected chi connectivity index (χ1v) is 7.05. The molecule has 1 fully saturated rings. The molecule has 3 rings (SSSR count). The molecule has 90 valence electrons. The number of halogens is 1. The maximum atomic E-state index is 4.40. The Morgan fingerprint density at radius 1 is 1.35 bits per heavy atom. The van der Waals surface area contributed by atoms with Gasteiger partial charge < -0.3 is 5.32 Å². The quantitative estimate of drug-likeness (QED) is 0.805. The van der Waals surface area contributed by atoms with Crippen LogP contribution < -0.4 is 5.32 Å². The van der Waals surface area contributed by atoms with Gasteiger partial charge in [0.05, 0.1) is 0 Å². The molecule has 0 amide bonds. The van der Waals surface area contributed by atoms with E-state index >= 15 is 0 Å². The Hall–Kier alpha value is -0.670. The van der Waals surface area contributed by atoms with E-state index in [1.807, 2.05) is 6.20 Å². The molecule has 1 aliphatic carbocycles. The number of aryl methyl sites for hydroxylation is 1. The Labute approximate surface area is 111 Å². The summed E-state index contributed by atoms with van der Waals surface area (Å²) in [6.45, 7) is 4.49. The van der Waals surface area contributed by atoms with Crippen molar-refractivity contribution in [2.45, 2.75) is 19.8 Å². The molecule has 0 saturated carbocycles. The van der Waals surface area contributed by atoms with Crippen LogP contribution in [0.15, 0.2) is 22.9 Å². The van der Waals surface area contributed by atoms with Gasteiger partial charge in [-0.05, 0) is 83.4 Å².